The third kappa shape index (κ3) is 4.81. The van der Waals surface area contributed by atoms with Crippen molar-refractivity contribution in [3.8, 4) is 5.75 Å². The third-order valence-electron chi connectivity index (χ3n) is 1.78. The molecule has 0 heterocycles. The van der Waals surface area contributed by atoms with E-state index in [-0.39, 0.29) is 6.61 Å². The van der Waals surface area contributed by atoms with Crippen LogP contribution in [0.2, 0.25) is 0 Å². The molecular weight excluding hydrogens is 307 g/mol. The number of rotatable bonds is 6. The van der Waals surface area contributed by atoms with Crippen molar-refractivity contribution in [3.05, 3.63) is 27.8 Å². The van der Waals surface area contributed by atoms with Gasteiger partial charge in [-0.2, -0.15) is 0 Å². The Kier molecular flexibility index (Phi) is 5.97. The van der Waals surface area contributed by atoms with Crippen LogP contribution in [0, 0.1) is 3.57 Å². The van der Waals surface area contributed by atoms with Crippen LogP contribution in [0.3, 0.4) is 0 Å². The highest BCUT2D eigenvalue weighted by Crippen LogP contribution is 2.19. The lowest BCUT2D eigenvalue weighted by atomic mass is 10.3. The van der Waals surface area contributed by atoms with E-state index in [0.717, 1.165) is 9.32 Å². The molecule has 0 unspecified atom stereocenters. The molecule has 1 N–H and O–H groups in total. The van der Waals surface area contributed by atoms with Crippen LogP contribution in [-0.4, -0.2) is 31.0 Å². The molecule has 4 heteroatoms. The van der Waals surface area contributed by atoms with E-state index in [1.807, 2.05) is 31.2 Å². The molecule has 0 bridgehead atoms. The van der Waals surface area contributed by atoms with Crippen molar-refractivity contribution in [2.45, 2.75) is 13.0 Å². The minimum atomic E-state index is -0.569. The molecule has 0 amide bonds. The van der Waals surface area contributed by atoms with Crippen LogP contribution in [0.5, 0.6) is 5.75 Å². The molecule has 0 saturated heterocycles. The maximum absolute atomic E-state index is 9.48. The van der Waals surface area contributed by atoms with E-state index < -0.39 is 6.10 Å². The van der Waals surface area contributed by atoms with Gasteiger partial charge in [-0.25, -0.2) is 0 Å². The highest BCUT2D eigenvalue weighted by atomic mass is 127. The van der Waals surface area contributed by atoms with Crippen molar-refractivity contribution >= 4 is 22.6 Å². The van der Waals surface area contributed by atoms with Gasteiger partial charge in [0, 0.05) is 6.61 Å². The predicted octanol–water partition coefficient (Wildman–Crippen LogP) is 2.07. The minimum absolute atomic E-state index is 0.264. The van der Waals surface area contributed by atoms with Gasteiger partial charge in [0.2, 0.25) is 0 Å². The van der Waals surface area contributed by atoms with Gasteiger partial charge in [0.1, 0.15) is 18.5 Å². The summed E-state index contributed by atoms with van der Waals surface area (Å²) in [7, 11) is 0. The highest BCUT2D eigenvalue weighted by Gasteiger charge is 2.06. The summed E-state index contributed by atoms with van der Waals surface area (Å²) in [5.41, 5.74) is 0. The van der Waals surface area contributed by atoms with Crippen molar-refractivity contribution < 1.29 is 14.6 Å². The summed E-state index contributed by atoms with van der Waals surface area (Å²) in [4.78, 5) is 0. The Labute approximate surface area is 104 Å². The summed E-state index contributed by atoms with van der Waals surface area (Å²) >= 11 is 2.20. The molecule has 0 aromatic heterocycles. The average molecular weight is 322 g/mol. The number of benzene rings is 1. The van der Waals surface area contributed by atoms with Crippen molar-refractivity contribution in [2.24, 2.45) is 0 Å². The minimum Gasteiger partial charge on any atom is -0.490 e. The van der Waals surface area contributed by atoms with E-state index in [4.69, 9.17) is 9.47 Å². The Balaban J connectivity index is 2.33. The summed E-state index contributed by atoms with van der Waals surface area (Å²) in [6.45, 7) is 3.09. The third-order valence-corrected chi connectivity index (χ3v) is 2.67. The molecule has 1 aromatic rings. The lowest BCUT2D eigenvalue weighted by Gasteiger charge is -2.12. The van der Waals surface area contributed by atoms with Crippen LogP contribution in [0.25, 0.3) is 0 Å². The van der Waals surface area contributed by atoms with E-state index in [1.165, 1.54) is 0 Å². The van der Waals surface area contributed by atoms with Gasteiger partial charge in [-0.1, -0.05) is 12.1 Å². The number of hydrogen-bond donors (Lipinski definition) is 1. The Bertz CT molecular complexity index is 291. The number of aliphatic hydroxyl groups excluding tert-OH is 1. The van der Waals surface area contributed by atoms with Crippen molar-refractivity contribution in [1.82, 2.24) is 0 Å². The Morgan fingerprint density at radius 3 is 2.73 bits per heavy atom. The lowest BCUT2D eigenvalue weighted by molar-refractivity contribution is 0.0163. The van der Waals surface area contributed by atoms with Crippen molar-refractivity contribution in [3.63, 3.8) is 0 Å². The maximum Gasteiger partial charge on any atom is 0.132 e. The molecule has 3 nitrogen and oxygen atoms in total. The molecular formula is C11H15IO3. The molecule has 0 spiro atoms. The Hall–Kier alpha value is -0.330. The van der Waals surface area contributed by atoms with Gasteiger partial charge in [-0.05, 0) is 41.6 Å². The average Bonchev–Trinajstić information content (AvgIpc) is 2.25. The van der Waals surface area contributed by atoms with E-state index in [0.29, 0.717) is 13.2 Å². The van der Waals surface area contributed by atoms with Crippen LogP contribution in [0.15, 0.2) is 24.3 Å². The van der Waals surface area contributed by atoms with E-state index in [9.17, 15) is 5.11 Å². The monoisotopic (exact) mass is 322 g/mol. The number of halogens is 1. The lowest BCUT2D eigenvalue weighted by Crippen LogP contribution is -2.23. The normalized spacial score (nSPS) is 12.5. The first-order valence-corrected chi connectivity index (χ1v) is 5.95. The van der Waals surface area contributed by atoms with Crippen LogP contribution >= 0.6 is 22.6 Å². The first-order chi connectivity index (χ1) is 7.24. The van der Waals surface area contributed by atoms with E-state index >= 15 is 0 Å². The second-order valence-electron chi connectivity index (χ2n) is 3.05. The summed E-state index contributed by atoms with van der Waals surface area (Å²) in [6, 6.07) is 7.71. The fraction of sp³-hybridized carbons (Fsp3) is 0.455. The fourth-order valence-electron chi connectivity index (χ4n) is 1.05. The smallest absolute Gasteiger partial charge is 0.132 e. The number of ether oxygens (including phenoxy) is 2. The summed E-state index contributed by atoms with van der Waals surface area (Å²) in [5, 5.41) is 9.48. The van der Waals surface area contributed by atoms with Gasteiger partial charge in [-0.3, -0.25) is 0 Å². The fourth-order valence-corrected chi connectivity index (χ4v) is 1.59. The topological polar surface area (TPSA) is 38.7 Å². The van der Waals surface area contributed by atoms with Crippen LogP contribution in [0.1, 0.15) is 6.92 Å². The molecule has 0 saturated carbocycles. The quantitative estimate of drug-likeness (QED) is 0.815. The molecule has 84 valence electrons. The maximum atomic E-state index is 9.48. The summed E-state index contributed by atoms with van der Waals surface area (Å²) < 4.78 is 11.6. The zero-order valence-corrected chi connectivity index (χ0v) is 10.8. The molecule has 1 rings (SSSR count). The van der Waals surface area contributed by atoms with E-state index in [2.05, 4.69) is 22.6 Å². The zero-order chi connectivity index (χ0) is 11.1. The molecule has 1 aromatic carbocycles. The van der Waals surface area contributed by atoms with Crippen LogP contribution < -0.4 is 4.74 Å². The number of aliphatic hydroxyl groups is 1. The number of hydrogen-bond acceptors (Lipinski definition) is 3. The molecule has 0 aliphatic rings. The molecule has 0 radical (unpaired) electrons. The molecule has 0 fully saturated rings. The van der Waals surface area contributed by atoms with Crippen molar-refractivity contribution in [2.75, 3.05) is 19.8 Å². The van der Waals surface area contributed by atoms with Gasteiger partial charge in [0.05, 0.1) is 10.2 Å². The number of para-hydroxylation sites is 1. The van der Waals surface area contributed by atoms with Gasteiger partial charge in [0.15, 0.2) is 0 Å². The zero-order valence-electron chi connectivity index (χ0n) is 8.65. The molecule has 1 atom stereocenters. The largest absolute Gasteiger partial charge is 0.490 e. The Morgan fingerprint density at radius 1 is 1.33 bits per heavy atom. The van der Waals surface area contributed by atoms with Gasteiger partial charge >= 0.3 is 0 Å². The Morgan fingerprint density at radius 2 is 2.07 bits per heavy atom. The van der Waals surface area contributed by atoms with Gasteiger partial charge < -0.3 is 14.6 Å². The van der Waals surface area contributed by atoms with E-state index in [1.54, 1.807) is 0 Å². The molecule has 0 aliphatic heterocycles. The van der Waals surface area contributed by atoms with Crippen LogP contribution in [-0.2, 0) is 4.74 Å². The SMILES string of the molecule is CCOC[C@@H](O)COc1ccccc1I. The highest BCUT2D eigenvalue weighted by molar-refractivity contribution is 14.1. The second kappa shape index (κ2) is 7.03. The van der Waals surface area contributed by atoms with Gasteiger partial charge in [0.25, 0.3) is 0 Å². The predicted molar refractivity (Wildman–Crippen MR) is 67.2 cm³/mol. The van der Waals surface area contributed by atoms with Gasteiger partial charge in [-0.15, -0.1) is 0 Å². The first kappa shape index (κ1) is 12.7. The standard InChI is InChI=1S/C11H15IO3/c1-2-14-7-9(13)8-15-11-6-4-3-5-10(11)12/h3-6,9,13H,2,7-8H2,1H3/t9-/m1/s1. The summed E-state index contributed by atoms with van der Waals surface area (Å²) in [6.07, 6.45) is -0.569. The summed E-state index contributed by atoms with van der Waals surface area (Å²) in [5.74, 6) is 0.800. The molecule has 15 heavy (non-hydrogen) atoms. The van der Waals surface area contributed by atoms with Crippen LogP contribution in [0.4, 0.5) is 0 Å². The molecule has 0 aliphatic carbocycles. The first-order valence-electron chi connectivity index (χ1n) is 4.87. The second-order valence-corrected chi connectivity index (χ2v) is 4.22. The van der Waals surface area contributed by atoms with Crippen molar-refractivity contribution in [1.29, 1.82) is 0 Å².